The molecule has 0 saturated carbocycles. The molecule has 0 unspecified atom stereocenters. The zero-order valence-corrected chi connectivity index (χ0v) is 9.70. The Hall–Kier alpha value is -1.35. The SMILES string of the molecule is CCn1cc(C[C@H](C)N)c2cc(F)ccc21. The average Bonchev–Trinajstić information content (AvgIpc) is 2.55. The molecule has 2 N–H and O–H groups in total. The van der Waals surface area contributed by atoms with Gasteiger partial charge in [-0.15, -0.1) is 0 Å². The van der Waals surface area contributed by atoms with Crippen molar-refractivity contribution in [3.8, 4) is 0 Å². The lowest BCUT2D eigenvalue weighted by Crippen LogP contribution is -2.17. The van der Waals surface area contributed by atoms with Crippen LogP contribution in [0, 0.1) is 5.82 Å². The van der Waals surface area contributed by atoms with Crippen molar-refractivity contribution in [2.45, 2.75) is 32.9 Å². The van der Waals surface area contributed by atoms with E-state index in [2.05, 4.69) is 17.7 Å². The number of aromatic nitrogens is 1. The van der Waals surface area contributed by atoms with Crippen LogP contribution in [0.15, 0.2) is 24.4 Å². The van der Waals surface area contributed by atoms with E-state index in [1.165, 1.54) is 6.07 Å². The second-order valence-electron chi connectivity index (χ2n) is 4.28. The van der Waals surface area contributed by atoms with Crippen LogP contribution in [0.25, 0.3) is 10.9 Å². The quantitative estimate of drug-likeness (QED) is 0.847. The number of aryl methyl sites for hydroxylation is 1. The third-order valence-corrected chi connectivity index (χ3v) is 2.81. The number of nitrogens with zero attached hydrogens (tertiary/aromatic N) is 1. The topological polar surface area (TPSA) is 30.9 Å². The van der Waals surface area contributed by atoms with Crippen LogP contribution >= 0.6 is 0 Å². The normalized spacial score (nSPS) is 13.2. The van der Waals surface area contributed by atoms with Crippen molar-refractivity contribution < 1.29 is 4.39 Å². The third kappa shape index (κ3) is 1.95. The fraction of sp³-hybridized carbons (Fsp3) is 0.385. The zero-order chi connectivity index (χ0) is 11.7. The first-order chi connectivity index (χ1) is 7.61. The van der Waals surface area contributed by atoms with Crippen molar-refractivity contribution in [3.05, 3.63) is 35.8 Å². The highest BCUT2D eigenvalue weighted by molar-refractivity contribution is 5.84. The van der Waals surface area contributed by atoms with Crippen molar-refractivity contribution in [1.82, 2.24) is 4.57 Å². The standard InChI is InChI=1S/C13H17FN2/c1-3-16-8-10(6-9(2)15)12-7-11(14)4-5-13(12)16/h4-5,7-9H,3,6,15H2,1-2H3/t9-/m0/s1. The molecule has 0 radical (unpaired) electrons. The molecule has 16 heavy (non-hydrogen) atoms. The maximum atomic E-state index is 13.2. The van der Waals surface area contributed by atoms with Crippen molar-refractivity contribution in [2.24, 2.45) is 5.73 Å². The van der Waals surface area contributed by atoms with Gasteiger partial charge < -0.3 is 10.3 Å². The number of hydrogen-bond acceptors (Lipinski definition) is 1. The molecule has 0 saturated heterocycles. The molecule has 1 heterocycles. The summed E-state index contributed by atoms with van der Waals surface area (Å²) in [5.74, 6) is -0.188. The summed E-state index contributed by atoms with van der Waals surface area (Å²) in [6.45, 7) is 4.94. The van der Waals surface area contributed by atoms with E-state index in [9.17, 15) is 4.39 Å². The van der Waals surface area contributed by atoms with Gasteiger partial charge in [0.1, 0.15) is 5.82 Å². The predicted molar refractivity (Wildman–Crippen MR) is 64.9 cm³/mol. The van der Waals surface area contributed by atoms with Gasteiger partial charge in [-0.1, -0.05) is 0 Å². The van der Waals surface area contributed by atoms with Crippen LogP contribution in [0.5, 0.6) is 0 Å². The molecule has 0 aliphatic rings. The van der Waals surface area contributed by atoms with Gasteiger partial charge >= 0.3 is 0 Å². The Morgan fingerprint density at radius 3 is 2.81 bits per heavy atom. The smallest absolute Gasteiger partial charge is 0.123 e. The monoisotopic (exact) mass is 220 g/mol. The Labute approximate surface area is 94.9 Å². The second-order valence-corrected chi connectivity index (χ2v) is 4.28. The predicted octanol–water partition coefficient (Wildman–Crippen LogP) is 2.69. The van der Waals surface area contributed by atoms with Crippen LogP contribution in [0.1, 0.15) is 19.4 Å². The summed E-state index contributed by atoms with van der Waals surface area (Å²) < 4.78 is 15.4. The molecule has 1 aromatic heterocycles. The minimum absolute atomic E-state index is 0.0965. The highest BCUT2D eigenvalue weighted by Gasteiger charge is 2.09. The van der Waals surface area contributed by atoms with Gasteiger partial charge in [0, 0.05) is 29.7 Å². The number of benzene rings is 1. The van der Waals surface area contributed by atoms with Crippen molar-refractivity contribution in [2.75, 3.05) is 0 Å². The second kappa shape index (κ2) is 4.26. The minimum atomic E-state index is -0.188. The van der Waals surface area contributed by atoms with Gasteiger partial charge in [-0.25, -0.2) is 4.39 Å². The van der Waals surface area contributed by atoms with E-state index in [0.29, 0.717) is 0 Å². The number of rotatable bonds is 3. The van der Waals surface area contributed by atoms with Gasteiger partial charge in [0.2, 0.25) is 0 Å². The Balaban J connectivity index is 2.59. The van der Waals surface area contributed by atoms with Gasteiger partial charge in [0.05, 0.1) is 0 Å². The molecule has 2 nitrogen and oxygen atoms in total. The third-order valence-electron chi connectivity index (χ3n) is 2.81. The average molecular weight is 220 g/mol. The minimum Gasteiger partial charge on any atom is -0.347 e. The van der Waals surface area contributed by atoms with E-state index in [-0.39, 0.29) is 11.9 Å². The van der Waals surface area contributed by atoms with E-state index in [1.807, 2.05) is 13.0 Å². The molecule has 1 atom stereocenters. The van der Waals surface area contributed by atoms with Crippen LogP contribution in [-0.2, 0) is 13.0 Å². The molecule has 2 rings (SSSR count). The largest absolute Gasteiger partial charge is 0.347 e. The Morgan fingerprint density at radius 1 is 1.44 bits per heavy atom. The molecule has 0 spiro atoms. The Kier molecular flexibility index (Phi) is 2.97. The number of halogens is 1. The summed E-state index contributed by atoms with van der Waals surface area (Å²) in [7, 11) is 0. The lowest BCUT2D eigenvalue weighted by Gasteiger charge is -2.02. The first-order valence-electron chi connectivity index (χ1n) is 5.64. The summed E-state index contributed by atoms with van der Waals surface area (Å²) in [5, 5.41) is 0.985. The molecule has 0 bridgehead atoms. The van der Waals surface area contributed by atoms with Crippen LogP contribution in [0.3, 0.4) is 0 Å². The zero-order valence-electron chi connectivity index (χ0n) is 9.70. The van der Waals surface area contributed by atoms with Crippen LogP contribution in [-0.4, -0.2) is 10.6 Å². The molecular weight excluding hydrogens is 203 g/mol. The van der Waals surface area contributed by atoms with E-state index >= 15 is 0 Å². The number of hydrogen-bond donors (Lipinski definition) is 1. The fourth-order valence-electron chi connectivity index (χ4n) is 2.11. The van der Waals surface area contributed by atoms with Gasteiger partial charge in [0.15, 0.2) is 0 Å². The highest BCUT2D eigenvalue weighted by atomic mass is 19.1. The summed E-state index contributed by atoms with van der Waals surface area (Å²) in [6, 6.07) is 5.03. The Morgan fingerprint density at radius 2 is 2.19 bits per heavy atom. The van der Waals surface area contributed by atoms with Crippen LogP contribution in [0.2, 0.25) is 0 Å². The first kappa shape index (κ1) is 11.1. The number of nitrogens with two attached hydrogens (primary N) is 1. The maximum absolute atomic E-state index is 13.2. The molecule has 3 heteroatoms. The molecule has 0 aliphatic heterocycles. The van der Waals surface area contributed by atoms with E-state index < -0.39 is 0 Å². The lowest BCUT2D eigenvalue weighted by molar-refractivity contribution is 0.629. The number of fused-ring (bicyclic) bond motifs is 1. The van der Waals surface area contributed by atoms with E-state index in [4.69, 9.17) is 5.73 Å². The summed E-state index contributed by atoms with van der Waals surface area (Å²) in [4.78, 5) is 0. The maximum Gasteiger partial charge on any atom is 0.123 e. The highest BCUT2D eigenvalue weighted by Crippen LogP contribution is 2.23. The molecule has 1 aromatic carbocycles. The van der Waals surface area contributed by atoms with Crippen molar-refractivity contribution >= 4 is 10.9 Å². The van der Waals surface area contributed by atoms with E-state index in [1.54, 1.807) is 6.07 Å². The van der Waals surface area contributed by atoms with Gasteiger partial charge in [-0.3, -0.25) is 0 Å². The van der Waals surface area contributed by atoms with E-state index in [0.717, 1.165) is 29.4 Å². The lowest BCUT2D eigenvalue weighted by atomic mass is 10.1. The Bertz CT molecular complexity index is 500. The molecule has 0 aliphatic carbocycles. The van der Waals surface area contributed by atoms with Gasteiger partial charge in [-0.05, 0) is 44.0 Å². The first-order valence-corrected chi connectivity index (χ1v) is 5.64. The van der Waals surface area contributed by atoms with Crippen molar-refractivity contribution in [3.63, 3.8) is 0 Å². The van der Waals surface area contributed by atoms with Crippen molar-refractivity contribution in [1.29, 1.82) is 0 Å². The summed E-state index contributed by atoms with van der Waals surface area (Å²) >= 11 is 0. The molecule has 86 valence electrons. The molecule has 0 fully saturated rings. The molecule has 2 aromatic rings. The van der Waals surface area contributed by atoms with Gasteiger partial charge in [0.25, 0.3) is 0 Å². The van der Waals surface area contributed by atoms with Crippen LogP contribution < -0.4 is 5.73 Å². The molecule has 0 amide bonds. The van der Waals surface area contributed by atoms with Crippen LogP contribution in [0.4, 0.5) is 4.39 Å². The summed E-state index contributed by atoms with van der Waals surface area (Å²) in [6.07, 6.45) is 2.86. The molecular formula is C13H17FN2. The van der Waals surface area contributed by atoms with Gasteiger partial charge in [-0.2, -0.15) is 0 Å². The fourth-order valence-corrected chi connectivity index (χ4v) is 2.11. The summed E-state index contributed by atoms with van der Waals surface area (Å²) in [5.41, 5.74) is 8.02.